The predicted octanol–water partition coefficient (Wildman–Crippen LogP) is 7.11. The lowest BCUT2D eigenvalue weighted by Gasteiger charge is -2.27. The number of hydrogen-bond donors (Lipinski definition) is 2. The Labute approximate surface area is 248 Å². The van der Waals surface area contributed by atoms with Gasteiger partial charge in [0.1, 0.15) is 5.82 Å². The van der Waals surface area contributed by atoms with Crippen LogP contribution in [0.1, 0.15) is 69.4 Å². The van der Waals surface area contributed by atoms with Crippen LogP contribution in [0.2, 0.25) is 0 Å². The number of aromatic amines is 1. The second kappa shape index (κ2) is 12.6. The van der Waals surface area contributed by atoms with Crippen LogP contribution in [0.25, 0.3) is 16.6 Å². The fourth-order valence-corrected chi connectivity index (χ4v) is 5.67. The molecule has 1 aliphatic carbocycles. The molecule has 0 spiro atoms. The van der Waals surface area contributed by atoms with E-state index in [1.807, 2.05) is 48.6 Å². The molecule has 2 N–H and O–H groups in total. The number of amides is 1. The lowest BCUT2D eigenvalue weighted by Crippen LogP contribution is -2.29. The predicted molar refractivity (Wildman–Crippen MR) is 161 cm³/mol. The summed E-state index contributed by atoms with van der Waals surface area (Å²) in [5, 5.41) is 2.57. The van der Waals surface area contributed by atoms with Gasteiger partial charge in [0.2, 0.25) is 0 Å². The van der Waals surface area contributed by atoms with Gasteiger partial charge in [-0.2, -0.15) is 0 Å². The van der Waals surface area contributed by atoms with Gasteiger partial charge >= 0.3 is 5.97 Å². The molecule has 7 nitrogen and oxygen atoms in total. The number of imidazole rings is 1. The maximum absolute atomic E-state index is 14.4. The van der Waals surface area contributed by atoms with Crippen molar-refractivity contribution in [2.75, 3.05) is 14.2 Å². The van der Waals surface area contributed by atoms with E-state index in [0.717, 1.165) is 18.4 Å². The topological polar surface area (TPSA) is 93.3 Å². The van der Waals surface area contributed by atoms with Gasteiger partial charge in [-0.3, -0.25) is 4.79 Å². The lowest BCUT2D eigenvalue weighted by molar-refractivity contribution is 0.0599. The molecule has 1 heterocycles. The third kappa shape index (κ3) is 5.81. The average Bonchev–Trinajstić information content (AvgIpc) is 3.42. The number of methoxy groups -OCH3 is 2. The monoisotopic (exact) mass is 587 g/mol. The molecule has 4 aromatic rings. The Morgan fingerprint density at radius 2 is 1.90 bits per heavy atom. The van der Waals surface area contributed by atoms with Crippen LogP contribution in [-0.2, 0) is 4.74 Å². The molecule has 1 aliphatic rings. The number of alkyl halides is 1. The van der Waals surface area contributed by atoms with E-state index in [1.54, 1.807) is 18.2 Å². The van der Waals surface area contributed by atoms with Gasteiger partial charge in [0.25, 0.3) is 5.91 Å². The van der Waals surface area contributed by atoms with E-state index in [1.165, 1.54) is 26.4 Å². The summed E-state index contributed by atoms with van der Waals surface area (Å²) in [4.78, 5) is 34.3. The van der Waals surface area contributed by atoms with E-state index >= 15 is 0 Å². The number of esters is 1. The SMILES string of the molecule is CCC[C@@H](NC(=O)c1ccc(C2C(c3nc4cc(OC)c(F)cc4[nH]3)=CC=C[C@@H]2Cl)c(C(=O)OC)c1)c1ccccc1. The van der Waals surface area contributed by atoms with Crippen molar-refractivity contribution in [1.29, 1.82) is 0 Å². The summed E-state index contributed by atoms with van der Waals surface area (Å²) in [7, 11) is 2.69. The number of rotatable bonds is 9. The van der Waals surface area contributed by atoms with Crippen molar-refractivity contribution in [2.45, 2.75) is 37.1 Å². The second-order valence-electron chi connectivity index (χ2n) is 10.0. The quantitative estimate of drug-likeness (QED) is 0.161. The van der Waals surface area contributed by atoms with Crippen molar-refractivity contribution >= 4 is 40.1 Å². The summed E-state index contributed by atoms with van der Waals surface area (Å²) in [6.07, 6.45) is 7.13. The first-order valence-electron chi connectivity index (χ1n) is 13.7. The van der Waals surface area contributed by atoms with Gasteiger partial charge in [0, 0.05) is 29.2 Å². The number of nitrogens with zero attached hydrogens (tertiary/aromatic N) is 1. The molecule has 0 saturated carbocycles. The van der Waals surface area contributed by atoms with E-state index in [2.05, 4.69) is 22.2 Å². The first kappa shape index (κ1) is 29.1. The van der Waals surface area contributed by atoms with Crippen molar-refractivity contribution in [3.05, 3.63) is 113 Å². The molecule has 3 atom stereocenters. The molecule has 0 radical (unpaired) electrons. The average molecular weight is 588 g/mol. The number of benzene rings is 3. The third-order valence-corrected chi connectivity index (χ3v) is 7.79. The van der Waals surface area contributed by atoms with E-state index < -0.39 is 23.1 Å². The number of fused-ring (bicyclic) bond motifs is 1. The minimum Gasteiger partial charge on any atom is -0.494 e. The van der Waals surface area contributed by atoms with Gasteiger partial charge in [-0.25, -0.2) is 14.2 Å². The molecule has 0 bridgehead atoms. The first-order chi connectivity index (χ1) is 20.3. The summed E-state index contributed by atoms with van der Waals surface area (Å²) in [6, 6.07) is 17.4. The highest BCUT2D eigenvalue weighted by molar-refractivity contribution is 6.23. The maximum Gasteiger partial charge on any atom is 0.338 e. The Balaban J connectivity index is 1.52. The van der Waals surface area contributed by atoms with Crippen molar-refractivity contribution in [1.82, 2.24) is 15.3 Å². The number of nitrogens with one attached hydrogen (secondary N) is 2. The zero-order valence-corrected chi connectivity index (χ0v) is 24.2. The van der Waals surface area contributed by atoms with E-state index in [0.29, 0.717) is 33.6 Å². The Kier molecular flexibility index (Phi) is 8.73. The van der Waals surface area contributed by atoms with Crippen molar-refractivity contribution < 1.29 is 23.5 Å². The molecule has 1 amide bonds. The van der Waals surface area contributed by atoms with Crippen LogP contribution >= 0.6 is 11.6 Å². The van der Waals surface area contributed by atoms with Gasteiger partial charge in [-0.15, -0.1) is 11.6 Å². The van der Waals surface area contributed by atoms with Crippen LogP contribution in [-0.4, -0.2) is 41.4 Å². The molecular weight excluding hydrogens is 557 g/mol. The Hall–Kier alpha value is -4.43. The highest BCUT2D eigenvalue weighted by Crippen LogP contribution is 2.42. The third-order valence-electron chi connectivity index (χ3n) is 7.39. The molecule has 3 aromatic carbocycles. The minimum atomic E-state index is -0.595. The summed E-state index contributed by atoms with van der Waals surface area (Å²) >= 11 is 6.85. The molecule has 0 saturated heterocycles. The lowest BCUT2D eigenvalue weighted by atomic mass is 9.81. The number of carbonyl (C=O) groups is 2. The van der Waals surface area contributed by atoms with Gasteiger partial charge in [-0.1, -0.05) is 68.0 Å². The van der Waals surface area contributed by atoms with E-state index in [4.69, 9.17) is 21.1 Å². The molecule has 0 aliphatic heterocycles. The smallest absolute Gasteiger partial charge is 0.338 e. The van der Waals surface area contributed by atoms with Crippen molar-refractivity contribution in [3.8, 4) is 5.75 Å². The number of ether oxygens (including phenoxy) is 2. The summed E-state index contributed by atoms with van der Waals surface area (Å²) in [5.41, 5.74) is 3.83. The fourth-order valence-electron chi connectivity index (χ4n) is 5.31. The van der Waals surface area contributed by atoms with Crippen LogP contribution in [0.3, 0.4) is 0 Å². The standard InChI is InChI=1S/C33H31ClFN3O4/c1-4-9-26(19-10-6-5-7-11-19)38-32(39)20-14-15-21(23(16-20)33(40)42-3)30-22(12-8-13-24(30)34)31-36-27-17-25(35)29(41-2)18-28(27)37-31/h5-8,10-18,24,26,30H,4,9H2,1-3H3,(H,36,37)(H,38,39)/t24-,26+,30?/m0/s1. The van der Waals surface area contributed by atoms with Crippen molar-refractivity contribution in [2.24, 2.45) is 0 Å². The van der Waals surface area contributed by atoms with Crippen molar-refractivity contribution in [3.63, 3.8) is 0 Å². The number of aromatic nitrogens is 2. The summed E-state index contributed by atoms with van der Waals surface area (Å²) in [6.45, 7) is 2.06. The molecule has 0 fully saturated rings. The largest absolute Gasteiger partial charge is 0.494 e. The van der Waals surface area contributed by atoms with Crippen LogP contribution < -0.4 is 10.1 Å². The molecule has 5 rings (SSSR count). The summed E-state index contributed by atoms with van der Waals surface area (Å²) in [5.74, 6) is -1.38. The number of halogens is 2. The van der Waals surface area contributed by atoms with Gasteiger partial charge in [0.15, 0.2) is 11.6 Å². The van der Waals surface area contributed by atoms with Gasteiger partial charge in [-0.05, 0) is 29.7 Å². The molecule has 1 aromatic heterocycles. The van der Waals surface area contributed by atoms with E-state index in [-0.39, 0.29) is 23.3 Å². The number of H-pyrrole nitrogens is 1. The van der Waals surface area contributed by atoms with E-state index in [9.17, 15) is 14.0 Å². The number of carbonyl (C=O) groups excluding carboxylic acids is 2. The molecule has 42 heavy (non-hydrogen) atoms. The second-order valence-corrected chi connectivity index (χ2v) is 10.5. The van der Waals surface area contributed by atoms with Crippen LogP contribution in [0.15, 0.2) is 78.9 Å². The van der Waals surface area contributed by atoms with Gasteiger partial charge in [0.05, 0.1) is 42.2 Å². The first-order valence-corrected chi connectivity index (χ1v) is 14.1. The zero-order valence-electron chi connectivity index (χ0n) is 23.5. The highest BCUT2D eigenvalue weighted by Gasteiger charge is 2.32. The highest BCUT2D eigenvalue weighted by atomic mass is 35.5. The molecule has 9 heteroatoms. The Morgan fingerprint density at radius 3 is 2.62 bits per heavy atom. The number of allylic oxidation sites excluding steroid dienone is 4. The molecule has 1 unspecified atom stereocenters. The Morgan fingerprint density at radius 1 is 1.12 bits per heavy atom. The zero-order chi connectivity index (χ0) is 29.8. The molecule has 216 valence electrons. The van der Waals surface area contributed by atoms with Gasteiger partial charge < -0.3 is 19.8 Å². The number of hydrogen-bond acceptors (Lipinski definition) is 5. The van der Waals surface area contributed by atoms with Crippen LogP contribution in [0, 0.1) is 5.82 Å². The van der Waals surface area contributed by atoms with Crippen LogP contribution in [0.5, 0.6) is 5.75 Å². The Bertz CT molecular complexity index is 1680. The fraction of sp³-hybridized carbons (Fsp3) is 0.242. The minimum absolute atomic E-state index is 0.0834. The summed E-state index contributed by atoms with van der Waals surface area (Å²) < 4.78 is 24.6. The van der Waals surface area contributed by atoms with Crippen LogP contribution in [0.4, 0.5) is 4.39 Å². The normalized spacial score (nSPS) is 17.0. The maximum atomic E-state index is 14.4. The molecular formula is C33H31ClFN3O4.